The number of aromatic nitrogens is 1. The Morgan fingerprint density at radius 2 is 1.92 bits per heavy atom. The highest BCUT2D eigenvalue weighted by Gasteiger charge is 2.30. The zero-order chi connectivity index (χ0) is 28.1. The van der Waals surface area contributed by atoms with Crippen LogP contribution in [0.4, 0.5) is 10.1 Å². The van der Waals surface area contributed by atoms with Gasteiger partial charge in [0.05, 0.1) is 17.3 Å². The molecule has 2 aromatic rings. The zero-order valence-electron chi connectivity index (χ0n) is 21.2. The Bertz CT molecular complexity index is 1270. The molecule has 0 bridgehead atoms. The maximum atomic E-state index is 15.0. The third kappa shape index (κ3) is 6.40. The van der Waals surface area contributed by atoms with Gasteiger partial charge in [-0.05, 0) is 51.5 Å². The number of carboxylic acids is 2. The number of guanidine groups is 1. The summed E-state index contributed by atoms with van der Waals surface area (Å²) in [6, 6.07) is 0.395. The molecule has 4 rings (SSSR count). The van der Waals surface area contributed by atoms with Gasteiger partial charge >= 0.3 is 11.9 Å². The van der Waals surface area contributed by atoms with E-state index in [2.05, 4.69) is 5.32 Å². The van der Waals surface area contributed by atoms with Gasteiger partial charge in [-0.2, -0.15) is 0 Å². The van der Waals surface area contributed by atoms with E-state index in [1.807, 2.05) is 11.8 Å². The number of rotatable bonds is 7. The fraction of sp³-hybridized carbons (Fsp3) is 0.520. The van der Waals surface area contributed by atoms with E-state index in [0.717, 1.165) is 12.0 Å². The molecule has 3 heterocycles. The van der Waals surface area contributed by atoms with Crippen LogP contribution in [0.5, 0.6) is 0 Å². The van der Waals surface area contributed by atoms with Crippen molar-refractivity contribution in [3.63, 3.8) is 0 Å². The number of pyridine rings is 1. The molecular weight excluding hydrogens is 499 g/mol. The quantitative estimate of drug-likeness (QED) is 0.152. The third-order valence-electron chi connectivity index (χ3n) is 6.96. The number of aryl methyl sites for hydroxylation is 1. The van der Waals surface area contributed by atoms with Gasteiger partial charge in [-0.1, -0.05) is 0 Å². The van der Waals surface area contributed by atoms with Crippen LogP contribution in [-0.2, 0) is 11.2 Å². The normalized spacial score (nSPS) is 17.9. The number of anilines is 1. The van der Waals surface area contributed by atoms with Crippen LogP contribution in [0.2, 0.25) is 0 Å². The van der Waals surface area contributed by atoms with Crippen molar-refractivity contribution in [2.24, 2.45) is 11.5 Å². The standard InChI is InChI=1S/C19H21FN2O4.C6H14N4O2/c1-10-2-3-12-16-13(18(24)14(19(25)26)9-22(10)16)8-15(20)17(12)21-6-4-11(23)5-7-21;7-4(5(11)12)2-1-3-10-6(8)9/h8-11,23H,2-7H2,1H3,(H,25,26);4H,1-3,7H2,(H,11,12)(H4,8,9,10)/t10-;4-/m01/s1. The molecular formula is C25H35FN6O6. The number of aromatic carboxylic acids is 1. The predicted octanol–water partition coefficient (Wildman–Crippen LogP) is 0.969. The van der Waals surface area contributed by atoms with E-state index in [0.29, 0.717) is 62.9 Å². The highest BCUT2D eigenvalue weighted by Crippen LogP contribution is 2.38. The van der Waals surface area contributed by atoms with Crippen LogP contribution in [0, 0.1) is 11.2 Å². The second-order valence-corrected chi connectivity index (χ2v) is 9.70. The van der Waals surface area contributed by atoms with Gasteiger partial charge < -0.3 is 41.6 Å². The van der Waals surface area contributed by atoms with Crippen LogP contribution in [0.3, 0.4) is 0 Å². The van der Waals surface area contributed by atoms with Crippen molar-refractivity contribution >= 4 is 34.5 Å². The zero-order valence-corrected chi connectivity index (χ0v) is 21.2. The summed E-state index contributed by atoms with van der Waals surface area (Å²) in [5, 5.41) is 36.9. The first-order chi connectivity index (χ1) is 17.9. The Hall–Kier alpha value is -3.71. The van der Waals surface area contributed by atoms with Gasteiger partial charge in [-0.3, -0.25) is 15.0 Å². The monoisotopic (exact) mass is 534 g/mol. The Labute approximate surface area is 218 Å². The first-order valence-corrected chi connectivity index (χ1v) is 12.5. The number of aliphatic hydroxyl groups excluding tert-OH is 1. The van der Waals surface area contributed by atoms with Gasteiger partial charge in [0, 0.05) is 42.8 Å². The maximum Gasteiger partial charge on any atom is 0.341 e. The molecule has 1 aromatic carbocycles. The summed E-state index contributed by atoms with van der Waals surface area (Å²) < 4.78 is 16.8. The predicted molar refractivity (Wildman–Crippen MR) is 140 cm³/mol. The molecule has 2 aliphatic heterocycles. The Balaban J connectivity index is 0.000000284. The van der Waals surface area contributed by atoms with Gasteiger partial charge in [-0.25, -0.2) is 9.18 Å². The molecule has 0 unspecified atom stereocenters. The van der Waals surface area contributed by atoms with E-state index in [1.54, 1.807) is 4.57 Å². The lowest BCUT2D eigenvalue weighted by Crippen LogP contribution is -2.37. The molecule has 13 heteroatoms. The van der Waals surface area contributed by atoms with Crippen LogP contribution in [0.1, 0.15) is 61.0 Å². The van der Waals surface area contributed by atoms with Crippen molar-refractivity contribution in [1.29, 1.82) is 5.41 Å². The van der Waals surface area contributed by atoms with Crippen LogP contribution < -0.4 is 27.1 Å². The molecule has 0 radical (unpaired) electrons. The van der Waals surface area contributed by atoms with Crippen molar-refractivity contribution in [2.75, 3.05) is 24.5 Å². The lowest BCUT2D eigenvalue weighted by Gasteiger charge is -2.36. The van der Waals surface area contributed by atoms with E-state index >= 15 is 4.39 Å². The van der Waals surface area contributed by atoms with Crippen molar-refractivity contribution in [1.82, 2.24) is 9.88 Å². The average molecular weight is 535 g/mol. The van der Waals surface area contributed by atoms with Gasteiger partial charge in [0.15, 0.2) is 5.96 Å². The van der Waals surface area contributed by atoms with Crippen molar-refractivity contribution in [3.05, 3.63) is 39.4 Å². The van der Waals surface area contributed by atoms with E-state index in [9.17, 15) is 24.6 Å². The minimum atomic E-state index is -1.30. The van der Waals surface area contributed by atoms with Crippen LogP contribution in [0.25, 0.3) is 10.9 Å². The number of nitrogens with two attached hydrogens (primary N) is 2. The number of hydrogen-bond acceptors (Lipinski definition) is 7. The van der Waals surface area contributed by atoms with Gasteiger partial charge in [0.25, 0.3) is 0 Å². The van der Waals surface area contributed by atoms with Crippen molar-refractivity contribution < 1.29 is 29.3 Å². The number of nitrogens with zero attached hydrogens (tertiary/aromatic N) is 2. The summed E-state index contributed by atoms with van der Waals surface area (Å²) in [4.78, 5) is 36.2. The smallest absolute Gasteiger partial charge is 0.341 e. The first kappa shape index (κ1) is 28.9. The molecule has 0 spiro atoms. The SMILES string of the molecule is C[C@H]1CCc2c(N3CCC(O)CC3)c(F)cc3c(=O)c(C(=O)O)cn1c23.N=C(N)NCCC[C@@H](N)C(=O)O. The minimum Gasteiger partial charge on any atom is -0.480 e. The molecule has 1 saturated heterocycles. The molecule has 1 fully saturated rings. The molecule has 208 valence electrons. The lowest BCUT2D eigenvalue weighted by atomic mass is 9.93. The molecule has 0 saturated carbocycles. The first-order valence-electron chi connectivity index (χ1n) is 12.5. The number of benzene rings is 1. The number of aliphatic hydroxyl groups is 1. The number of carboxylic acid groups (broad SMARTS) is 2. The maximum absolute atomic E-state index is 15.0. The summed E-state index contributed by atoms with van der Waals surface area (Å²) in [5.41, 5.74) is 11.1. The number of hydrogen-bond donors (Lipinski definition) is 7. The van der Waals surface area contributed by atoms with Crippen LogP contribution >= 0.6 is 0 Å². The van der Waals surface area contributed by atoms with E-state index in [4.69, 9.17) is 22.0 Å². The fourth-order valence-electron chi connectivity index (χ4n) is 4.89. The second kappa shape index (κ2) is 12.2. The molecule has 2 atom stereocenters. The van der Waals surface area contributed by atoms with E-state index in [1.165, 1.54) is 12.3 Å². The van der Waals surface area contributed by atoms with Crippen LogP contribution in [-0.4, -0.2) is 69.6 Å². The largest absolute Gasteiger partial charge is 0.480 e. The highest BCUT2D eigenvalue weighted by molar-refractivity contribution is 5.95. The number of nitrogens with one attached hydrogen (secondary N) is 2. The molecule has 9 N–H and O–H groups in total. The number of piperidine rings is 1. The summed E-state index contributed by atoms with van der Waals surface area (Å²) >= 11 is 0. The van der Waals surface area contributed by atoms with Crippen molar-refractivity contribution in [3.8, 4) is 0 Å². The average Bonchev–Trinajstić information content (AvgIpc) is 2.85. The van der Waals surface area contributed by atoms with Gasteiger partial charge in [0.2, 0.25) is 5.43 Å². The summed E-state index contributed by atoms with van der Waals surface area (Å²) in [7, 11) is 0. The fourth-order valence-corrected chi connectivity index (χ4v) is 4.89. The van der Waals surface area contributed by atoms with E-state index < -0.39 is 29.2 Å². The summed E-state index contributed by atoms with van der Waals surface area (Å²) in [6.45, 7) is 3.57. The summed E-state index contributed by atoms with van der Waals surface area (Å²) in [6.07, 6.45) is 4.55. The van der Waals surface area contributed by atoms with E-state index in [-0.39, 0.29) is 29.1 Å². The van der Waals surface area contributed by atoms with Gasteiger partial charge in [-0.15, -0.1) is 0 Å². The molecule has 2 aliphatic rings. The lowest BCUT2D eigenvalue weighted by molar-refractivity contribution is -0.138. The Kier molecular flexibility index (Phi) is 9.28. The molecule has 0 amide bonds. The third-order valence-corrected chi connectivity index (χ3v) is 6.96. The Morgan fingerprint density at radius 1 is 1.26 bits per heavy atom. The van der Waals surface area contributed by atoms with Crippen LogP contribution in [0.15, 0.2) is 17.1 Å². The highest BCUT2D eigenvalue weighted by atomic mass is 19.1. The molecule has 0 aliphatic carbocycles. The number of carbonyl (C=O) groups is 2. The van der Waals surface area contributed by atoms with Crippen molar-refractivity contribution in [2.45, 2.75) is 63.6 Å². The summed E-state index contributed by atoms with van der Waals surface area (Å²) in [5.74, 6) is -2.91. The van der Waals surface area contributed by atoms with Gasteiger partial charge in [0.1, 0.15) is 17.4 Å². The number of halogens is 1. The topological polar surface area (TPSA) is 208 Å². The molecule has 38 heavy (non-hydrogen) atoms. The molecule has 12 nitrogen and oxygen atoms in total. The Morgan fingerprint density at radius 3 is 2.50 bits per heavy atom. The number of aliphatic carboxylic acids is 1. The second-order valence-electron chi connectivity index (χ2n) is 9.70. The molecule has 1 aromatic heterocycles. The minimum absolute atomic E-state index is 0.0326.